The number of rotatable bonds is 3. The zero-order valence-corrected chi connectivity index (χ0v) is 12.4. The molecule has 2 rings (SSSR count). The summed E-state index contributed by atoms with van der Waals surface area (Å²) in [6.45, 7) is 14.6. The number of hydrogen-bond donors (Lipinski definition) is 0. The van der Waals surface area contributed by atoms with Crippen LogP contribution in [0.5, 0.6) is 0 Å². The molecule has 0 N–H and O–H groups in total. The van der Waals surface area contributed by atoms with Crippen molar-refractivity contribution < 1.29 is 4.43 Å². The van der Waals surface area contributed by atoms with Gasteiger partial charge in [-0.25, -0.2) is 0 Å². The zero-order chi connectivity index (χ0) is 11.7. The Kier molecular flexibility index (Phi) is 2.10. The van der Waals surface area contributed by atoms with E-state index >= 15 is 0 Å². The quantitative estimate of drug-likeness (QED) is 0.660. The molecular formula is C13H26OSi. The van der Waals surface area contributed by atoms with E-state index in [2.05, 4.69) is 40.8 Å². The fourth-order valence-electron chi connectivity index (χ4n) is 4.19. The lowest BCUT2D eigenvalue weighted by Crippen LogP contribution is -2.41. The van der Waals surface area contributed by atoms with Gasteiger partial charge in [0, 0.05) is 7.11 Å². The van der Waals surface area contributed by atoms with E-state index < -0.39 is 8.32 Å². The first-order valence-electron chi connectivity index (χ1n) is 6.16. The lowest BCUT2D eigenvalue weighted by Gasteiger charge is -2.36. The Morgan fingerprint density at radius 2 is 1.53 bits per heavy atom. The molecule has 15 heavy (non-hydrogen) atoms. The standard InChI is InChI=1S/C13H26OSi/c1-11(2)8-10(11)13(9-12(13,3)4)15(6,7)14-5/h10H,8-9H2,1-7H3. The van der Waals surface area contributed by atoms with Crippen LogP contribution < -0.4 is 0 Å². The minimum atomic E-state index is -1.52. The summed E-state index contributed by atoms with van der Waals surface area (Å²) in [6.07, 6.45) is 2.80. The second-order valence-corrected chi connectivity index (χ2v) is 11.8. The van der Waals surface area contributed by atoms with Crippen molar-refractivity contribution in [3.63, 3.8) is 0 Å². The molecule has 2 fully saturated rings. The Morgan fingerprint density at radius 1 is 1.13 bits per heavy atom. The van der Waals surface area contributed by atoms with Crippen molar-refractivity contribution in [1.29, 1.82) is 0 Å². The van der Waals surface area contributed by atoms with E-state index in [4.69, 9.17) is 4.43 Å². The topological polar surface area (TPSA) is 9.23 Å². The van der Waals surface area contributed by atoms with Crippen LogP contribution in [0.15, 0.2) is 0 Å². The molecule has 2 saturated carbocycles. The third-order valence-corrected chi connectivity index (χ3v) is 9.87. The molecule has 0 aromatic rings. The highest BCUT2D eigenvalue weighted by Crippen LogP contribution is 2.86. The first-order chi connectivity index (χ1) is 6.61. The predicted octanol–water partition coefficient (Wildman–Crippen LogP) is 4.05. The van der Waals surface area contributed by atoms with Gasteiger partial charge in [-0.1, -0.05) is 27.7 Å². The van der Waals surface area contributed by atoms with Crippen LogP contribution in [0, 0.1) is 16.7 Å². The molecule has 0 amide bonds. The van der Waals surface area contributed by atoms with Crippen molar-refractivity contribution in [1.82, 2.24) is 0 Å². The highest BCUT2D eigenvalue weighted by atomic mass is 28.4. The Labute approximate surface area is 95.7 Å². The van der Waals surface area contributed by atoms with E-state index in [0.29, 0.717) is 15.9 Å². The molecule has 0 spiro atoms. The Bertz CT molecular complexity index is 293. The van der Waals surface area contributed by atoms with Gasteiger partial charge in [0.15, 0.2) is 8.32 Å². The summed E-state index contributed by atoms with van der Waals surface area (Å²) in [5, 5.41) is 0.554. The minimum absolute atomic E-state index is 0.525. The van der Waals surface area contributed by atoms with Gasteiger partial charge in [-0.2, -0.15) is 0 Å². The summed E-state index contributed by atoms with van der Waals surface area (Å²) in [4.78, 5) is 0. The molecule has 0 aliphatic heterocycles. The monoisotopic (exact) mass is 226 g/mol. The molecule has 0 heterocycles. The lowest BCUT2D eigenvalue weighted by atomic mass is 10.00. The maximum absolute atomic E-state index is 5.93. The third-order valence-electron chi connectivity index (χ3n) is 5.50. The smallest absolute Gasteiger partial charge is 0.193 e. The molecule has 88 valence electrons. The Hall–Kier alpha value is 0.177. The van der Waals surface area contributed by atoms with Gasteiger partial charge in [0.05, 0.1) is 0 Å². The van der Waals surface area contributed by atoms with Gasteiger partial charge in [0.1, 0.15) is 0 Å². The van der Waals surface area contributed by atoms with Crippen molar-refractivity contribution in [2.75, 3.05) is 7.11 Å². The SMILES string of the molecule is CO[Si](C)(C)C1(C2CC2(C)C)CC1(C)C. The molecule has 2 unspecified atom stereocenters. The van der Waals surface area contributed by atoms with E-state index in [1.807, 2.05) is 7.11 Å². The number of hydrogen-bond acceptors (Lipinski definition) is 1. The first kappa shape index (κ1) is 11.7. The molecule has 2 heteroatoms. The van der Waals surface area contributed by atoms with Gasteiger partial charge in [0.2, 0.25) is 0 Å². The Balaban J connectivity index is 2.30. The highest BCUT2D eigenvalue weighted by molar-refractivity contribution is 6.75. The lowest BCUT2D eigenvalue weighted by molar-refractivity contribution is 0.342. The average Bonchev–Trinajstić information content (AvgIpc) is 2.87. The van der Waals surface area contributed by atoms with Crippen LogP contribution in [0.1, 0.15) is 40.5 Å². The summed E-state index contributed by atoms with van der Waals surface area (Å²) >= 11 is 0. The summed E-state index contributed by atoms with van der Waals surface area (Å²) < 4.78 is 5.93. The Morgan fingerprint density at radius 3 is 1.73 bits per heavy atom. The van der Waals surface area contributed by atoms with Crippen LogP contribution in [0.2, 0.25) is 18.1 Å². The van der Waals surface area contributed by atoms with Gasteiger partial charge in [-0.05, 0) is 47.7 Å². The van der Waals surface area contributed by atoms with Crippen LogP contribution in [0.25, 0.3) is 0 Å². The molecule has 0 aromatic carbocycles. The largest absolute Gasteiger partial charge is 0.420 e. The molecule has 0 bridgehead atoms. The highest BCUT2D eigenvalue weighted by Gasteiger charge is 2.78. The van der Waals surface area contributed by atoms with Crippen molar-refractivity contribution in [2.24, 2.45) is 16.7 Å². The van der Waals surface area contributed by atoms with Gasteiger partial charge in [-0.3, -0.25) is 0 Å². The van der Waals surface area contributed by atoms with E-state index in [1.54, 1.807) is 0 Å². The molecule has 0 radical (unpaired) electrons. The molecule has 2 atom stereocenters. The summed E-state index contributed by atoms with van der Waals surface area (Å²) in [5.41, 5.74) is 1.10. The average molecular weight is 226 g/mol. The molecular weight excluding hydrogens is 200 g/mol. The fraction of sp³-hybridized carbons (Fsp3) is 1.00. The predicted molar refractivity (Wildman–Crippen MR) is 67.5 cm³/mol. The van der Waals surface area contributed by atoms with E-state index in [1.165, 1.54) is 12.8 Å². The van der Waals surface area contributed by atoms with Gasteiger partial charge < -0.3 is 4.43 Å². The van der Waals surface area contributed by atoms with Crippen molar-refractivity contribution in [3.05, 3.63) is 0 Å². The summed E-state index contributed by atoms with van der Waals surface area (Å²) in [5.74, 6) is 0.918. The summed E-state index contributed by atoms with van der Waals surface area (Å²) in [6, 6.07) is 0. The second-order valence-electron chi connectivity index (χ2n) is 7.49. The van der Waals surface area contributed by atoms with Crippen LogP contribution >= 0.6 is 0 Å². The minimum Gasteiger partial charge on any atom is -0.420 e. The van der Waals surface area contributed by atoms with E-state index in [-0.39, 0.29) is 0 Å². The fourth-order valence-corrected chi connectivity index (χ4v) is 8.38. The van der Waals surface area contributed by atoms with E-state index in [9.17, 15) is 0 Å². The molecule has 2 aliphatic rings. The molecule has 0 aromatic heterocycles. The molecule has 0 saturated heterocycles. The van der Waals surface area contributed by atoms with Crippen LogP contribution in [0.4, 0.5) is 0 Å². The van der Waals surface area contributed by atoms with E-state index in [0.717, 1.165) is 5.92 Å². The third kappa shape index (κ3) is 1.30. The van der Waals surface area contributed by atoms with Crippen LogP contribution in [0.3, 0.4) is 0 Å². The van der Waals surface area contributed by atoms with Crippen molar-refractivity contribution in [3.8, 4) is 0 Å². The zero-order valence-electron chi connectivity index (χ0n) is 11.4. The molecule has 1 nitrogen and oxygen atoms in total. The molecule has 2 aliphatic carbocycles. The normalized spacial score (nSPS) is 41.4. The maximum Gasteiger partial charge on any atom is 0.193 e. The van der Waals surface area contributed by atoms with Crippen molar-refractivity contribution in [2.45, 2.75) is 58.7 Å². The van der Waals surface area contributed by atoms with Crippen molar-refractivity contribution >= 4 is 8.32 Å². The maximum atomic E-state index is 5.93. The first-order valence-corrected chi connectivity index (χ1v) is 9.07. The van der Waals surface area contributed by atoms with Gasteiger partial charge in [0.25, 0.3) is 0 Å². The van der Waals surface area contributed by atoms with Crippen LogP contribution in [-0.4, -0.2) is 15.4 Å². The van der Waals surface area contributed by atoms with Gasteiger partial charge in [-0.15, -0.1) is 0 Å². The van der Waals surface area contributed by atoms with Gasteiger partial charge >= 0.3 is 0 Å². The second kappa shape index (κ2) is 2.70. The summed E-state index contributed by atoms with van der Waals surface area (Å²) in [7, 11) is 0.410. The van der Waals surface area contributed by atoms with Crippen LogP contribution in [-0.2, 0) is 4.43 Å².